The Hall–Kier alpha value is -3.71. The Labute approximate surface area is 201 Å². The van der Waals surface area contributed by atoms with Crippen LogP contribution in [0.4, 0.5) is 15.9 Å². The summed E-state index contributed by atoms with van der Waals surface area (Å²) in [6, 6.07) is 11.5. The fourth-order valence-corrected chi connectivity index (χ4v) is 4.35. The van der Waals surface area contributed by atoms with E-state index in [-0.39, 0.29) is 11.6 Å². The number of halogens is 2. The lowest BCUT2D eigenvalue weighted by molar-refractivity contribution is 0.0968. The van der Waals surface area contributed by atoms with Gasteiger partial charge in [0.05, 0.1) is 11.6 Å². The van der Waals surface area contributed by atoms with E-state index >= 15 is 4.39 Å². The molecule has 1 fully saturated rings. The van der Waals surface area contributed by atoms with E-state index < -0.39 is 11.7 Å². The van der Waals surface area contributed by atoms with E-state index in [0.717, 1.165) is 30.2 Å². The summed E-state index contributed by atoms with van der Waals surface area (Å²) in [4.78, 5) is 28.0. The van der Waals surface area contributed by atoms with E-state index in [4.69, 9.17) is 11.6 Å². The van der Waals surface area contributed by atoms with Gasteiger partial charge in [-0.3, -0.25) is 9.69 Å². The highest BCUT2D eigenvalue weighted by Crippen LogP contribution is 2.31. The molecule has 7 nitrogen and oxygen atoms in total. The lowest BCUT2D eigenvalue weighted by atomic mass is 10.0. The van der Waals surface area contributed by atoms with Crippen LogP contribution in [0.2, 0.25) is 5.02 Å². The van der Waals surface area contributed by atoms with E-state index in [1.807, 2.05) is 18.2 Å². The number of nitrogens with zero attached hydrogens (tertiary/aromatic N) is 4. The third-order valence-electron chi connectivity index (χ3n) is 5.77. The molecule has 0 aliphatic carbocycles. The van der Waals surface area contributed by atoms with Crippen molar-refractivity contribution in [1.82, 2.24) is 10.3 Å². The fraction of sp³-hybridized carbons (Fsp3) is 0.200. The highest BCUT2D eigenvalue weighted by molar-refractivity contribution is 6.31. The Morgan fingerprint density at radius 3 is 2.91 bits per heavy atom. The maximum absolute atomic E-state index is 15.2. The van der Waals surface area contributed by atoms with E-state index in [2.05, 4.69) is 31.7 Å². The highest BCUT2D eigenvalue weighted by atomic mass is 35.5. The average molecular weight is 476 g/mol. The monoisotopic (exact) mass is 475 g/mol. The minimum Gasteiger partial charge on any atom is -0.324 e. The van der Waals surface area contributed by atoms with E-state index in [0.29, 0.717) is 29.0 Å². The predicted octanol–water partition coefficient (Wildman–Crippen LogP) is 4.60. The number of amides is 1. The minimum atomic E-state index is -0.644. The number of rotatable bonds is 4. The summed E-state index contributed by atoms with van der Waals surface area (Å²) in [5, 5.41) is 8.49. The summed E-state index contributed by atoms with van der Waals surface area (Å²) in [5.74, 6) is -0.290. The van der Waals surface area contributed by atoms with Gasteiger partial charge in [0.15, 0.2) is 0 Å². The van der Waals surface area contributed by atoms with Gasteiger partial charge in [-0.2, -0.15) is 9.98 Å². The molecule has 2 aliphatic rings. The van der Waals surface area contributed by atoms with Crippen molar-refractivity contribution in [1.29, 1.82) is 0 Å². The van der Waals surface area contributed by atoms with Crippen LogP contribution >= 0.6 is 11.6 Å². The van der Waals surface area contributed by atoms with Crippen LogP contribution < -0.4 is 15.5 Å². The number of aromatic nitrogens is 1. The van der Waals surface area contributed by atoms with Crippen LogP contribution in [0.15, 0.2) is 64.8 Å². The zero-order valence-corrected chi connectivity index (χ0v) is 18.9. The molecular weight excluding hydrogens is 455 g/mol. The first-order chi connectivity index (χ1) is 16.6. The van der Waals surface area contributed by atoms with Gasteiger partial charge in [0.2, 0.25) is 5.96 Å². The molecular formula is C25H21ClFN6O+. The van der Waals surface area contributed by atoms with Gasteiger partial charge in [0.25, 0.3) is 18.3 Å². The SMILES string of the molecule is O=C(c1ccc(NC2=NC=[C+]C=N2)cc1F)N(c1nccc2cc(Cl)ccc12)[C@@H]1CCCNC1. The number of piperidine rings is 1. The van der Waals surface area contributed by atoms with Crippen molar-refractivity contribution in [3.05, 3.63) is 77.3 Å². The van der Waals surface area contributed by atoms with Crippen LogP contribution in [-0.4, -0.2) is 42.2 Å². The number of anilines is 2. The van der Waals surface area contributed by atoms with Crippen molar-refractivity contribution in [3.8, 4) is 0 Å². The molecule has 2 aromatic carbocycles. The molecule has 3 aromatic rings. The summed E-state index contributed by atoms with van der Waals surface area (Å²) < 4.78 is 15.2. The molecule has 9 heteroatoms. The lowest BCUT2D eigenvalue weighted by Gasteiger charge is -2.34. The van der Waals surface area contributed by atoms with Crippen LogP contribution in [0.25, 0.3) is 10.8 Å². The third kappa shape index (κ3) is 4.52. The number of aliphatic imine (C=N–C) groups is 2. The lowest BCUT2D eigenvalue weighted by Crippen LogP contribution is -2.49. The molecule has 2 aliphatic heterocycles. The number of pyridine rings is 1. The van der Waals surface area contributed by atoms with Crippen molar-refractivity contribution in [2.24, 2.45) is 9.98 Å². The first-order valence-corrected chi connectivity index (χ1v) is 11.3. The topological polar surface area (TPSA) is 82.0 Å². The van der Waals surface area contributed by atoms with Gasteiger partial charge in [-0.05, 0) is 67.2 Å². The van der Waals surface area contributed by atoms with Gasteiger partial charge >= 0.3 is 6.08 Å². The molecule has 5 rings (SSSR count). The van der Waals surface area contributed by atoms with Gasteiger partial charge in [0.1, 0.15) is 11.6 Å². The van der Waals surface area contributed by atoms with Crippen molar-refractivity contribution >= 4 is 52.0 Å². The standard InChI is InChI=1S/C25H20ClFN6O/c26-17-4-6-20-16(13-17)8-12-29-23(20)33(19-3-1-9-28-15-19)24(34)21-7-5-18(14-22(21)27)32-25-30-10-2-11-31-25/h4-8,10-14,19,28H,1,3,9,15H2/p+1/t19-/m1/s1. The molecule has 0 spiro atoms. The molecule has 34 heavy (non-hydrogen) atoms. The molecule has 0 saturated carbocycles. The number of guanidine groups is 1. The maximum atomic E-state index is 15.2. The van der Waals surface area contributed by atoms with Gasteiger partial charge in [-0.25, -0.2) is 9.37 Å². The highest BCUT2D eigenvalue weighted by Gasteiger charge is 2.31. The Morgan fingerprint density at radius 2 is 2.15 bits per heavy atom. The number of hydrogen-bond acceptors (Lipinski definition) is 6. The zero-order valence-electron chi connectivity index (χ0n) is 18.1. The van der Waals surface area contributed by atoms with Crippen LogP contribution in [0.5, 0.6) is 0 Å². The zero-order chi connectivity index (χ0) is 23.5. The molecule has 1 aromatic heterocycles. The summed E-state index contributed by atoms with van der Waals surface area (Å²) in [5.41, 5.74) is 0.398. The van der Waals surface area contributed by atoms with Crippen molar-refractivity contribution < 1.29 is 9.18 Å². The van der Waals surface area contributed by atoms with Gasteiger partial charge in [0, 0.05) is 28.8 Å². The van der Waals surface area contributed by atoms with E-state index in [1.165, 1.54) is 24.5 Å². The molecule has 1 amide bonds. The Bertz CT molecular complexity index is 1330. The van der Waals surface area contributed by atoms with E-state index in [9.17, 15) is 4.79 Å². The Morgan fingerprint density at radius 1 is 1.24 bits per heavy atom. The summed E-state index contributed by atoms with van der Waals surface area (Å²) in [7, 11) is 0. The molecule has 0 radical (unpaired) electrons. The number of carbonyl (C=O) groups excluding carboxylic acids is 1. The summed E-state index contributed by atoms with van der Waals surface area (Å²) in [6.07, 6.45) is 8.99. The number of allylic oxidation sites excluding steroid dienone is 1. The molecule has 3 heterocycles. The quantitative estimate of drug-likeness (QED) is 0.540. The first kappa shape index (κ1) is 22.1. The van der Waals surface area contributed by atoms with Crippen molar-refractivity contribution in [2.45, 2.75) is 18.9 Å². The molecule has 1 saturated heterocycles. The molecule has 170 valence electrons. The van der Waals surface area contributed by atoms with Gasteiger partial charge in [-0.15, -0.1) is 0 Å². The number of hydrogen-bond donors (Lipinski definition) is 2. The third-order valence-corrected chi connectivity index (χ3v) is 6.00. The Balaban J connectivity index is 1.52. The molecule has 0 bridgehead atoms. The van der Waals surface area contributed by atoms with Gasteiger partial charge in [-0.1, -0.05) is 11.6 Å². The smallest absolute Gasteiger partial charge is 0.302 e. The second-order valence-electron chi connectivity index (χ2n) is 8.00. The second kappa shape index (κ2) is 9.65. The maximum Gasteiger partial charge on any atom is 0.302 e. The van der Waals surface area contributed by atoms with E-state index in [1.54, 1.807) is 23.2 Å². The fourth-order valence-electron chi connectivity index (χ4n) is 4.17. The normalized spacial score (nSPS) is 17.2. The first-order valence-electron chi connectivity index (χ1n) is 10.9. The predicted molar refractivity (Wildman–Crippen MR) is 133 cm³/mol. The van der Waals surface area contributed by atoms with Crippen LogP contribution in [0.1, 0.15) is 23.2 Å². The van der Waals surface area contributed by atoms with Crippen molar-refractivity contribution in [3.63, 3.8) is 0 Å². The second-order valence-corrected chi connectivity index (χ2v) is 8.44. The molecule has 1 atom stereocenters. The van der Waals surface area contributed by atoms with Gasteiger partial charge < -0.3 is 10.6 Å². The number of carbonyl (C=O) groups is 1. The molecule has 0 unspecified atom stereocenters. The minimum absolute atomic E-state index is 0.0359. The summed E-state index contributed by atoms with van der Waals surface area (Å²) in [6.45, 7) is 1.48. The van der Waals surface area contributed by atoms with Crippen LogP contribution in [0.3, 0.4) is 0 Å². The number of fused-ring (bicyclic) bond motifs is 1. The van der Waals surface area contributed by atoms with Crippen LogP contribution in [0, 0.1) is 11.9 Å². The average Bonchev–Trinajstić information content (AvgIpc) is 2.85. The number of benzene rings is 2. The largest absolute Gasteiger partial charge is 0.324 e. The number of nitrogens with one attached hydrogen (secondary N) is 2. The molecule has 2 N–H and O–H groups in total. The summed E-state index contributed by atoms with van der Waals surface area (Å²) >= 11 is 6.17. The Kier molecular flexibility index (Phi) is 6.27. The van der Waals surface area contributed by atoms with Crippen LogP contribution in [-0.2, 0) is 0 Å². The van der Waals surface area contributed by atoms with Crippen molar-refractivity contribution in [2.75, 3.05) is 23.3 Å².